The van der Waals surface area contributed by atoms with E-state index in [1.165, 1.54) is 0 Å². The van der Waals surface area contributed by atoms with E-state index in [0.29, 0.717) is 5.46 Å². The van der Waals surface area contributed by atoms with E-state index in [-0.39, 0.29) is 0 Å². The van der Waals surface area contributed by atoms with Crippen molar-refractivity contribution in [2.75, 3.05) is 0 Å². The van der Waals surface area contributed by atoms with Gasteiger partial charge in [0.25, 0.3) is 0 Å². The van der Waals surface area contributed by atoms with Crippen LogP contribution in [0, 0.1) is 3.57 Å². The van der Waals surface area contributed by atoms with Gasteiger partial charge in [-0.05, 0) is 67.9 Å². The Labute approximate surface area is 116 Å². The molecule has 0 aliphatic rings. The number of hydrogen-bond donors (Lipinski definition) is 2. The molecule has 0 fully saturated rings. The smallest absolute Gasteiger partial charge is 0.423 e. The summed E-state index contributed by atoms with van der Waals surface area (Å²) in [6, 6.07) is 7.43. The van der Waals surface area contributed by atoms with E-state index in [4.69, 9.17) is 4.65 Å². The second-order valence-corrected chi connectivity index (χ2v) is 6.34. The maximum Gasteiger partial charge on any atom is 0.491 e. The fourth-order valence-corrected chi connectivity index (χ4v) is 1.48. The van der Waals surface area contributed by atoms with E-state index in [1.54, 1.807) is 27.7 Å². The third-order valence-electron chi connectivity index (χ3n) is 3.03. The Hall–Kier alpha value is -0.105. The molecule has 1 aromatic carbocycles. The van der Waals surface area contributed by atoms with Gasteiger partial charge in [-0.1, -0.05) is 12.1 Å². The van der Waals surface area contributed by atoms with E-state index in [9.17, 15) is 10.1 Å². The van der Waals surface area contributed by atoms with E-state index >= 15 is 0 Å². The summed E-state index contributed by atoms with van der Waals surface area (Å²) >= 11 is 2.20. The molecule has 0 bridgehead atoms. The minimum Gasteiger partial charge on any atom is -0.423 e. The first-order valence-corrected chi connectivity index (χ1v) is 6.55. The molecule has 1 aromatic rings. The lowest BCUT2D eigenvalue weighted by Crippen LogP contribution is -2.53. The maximum atomic E-state index is 9.97. The second-order valence-electron chi connectivity index (χ2n) is 5.09. The molecule has 5 heteroatoms. The lowest BCUT2D eigenvalue weighted by Gasteiger charge is -2.38. The fraction of sp³-hybridized carbons (Fsp3) is 0.500. The highest BCUT2D eigenvalue weighted by molar-refractivity contribution is 14.1. The van der Waals surface area contributed by atoms with Gasteiger partial charge >= 0.3 is 7.12 Å². The minimum absolute atomic E-state index is 0.683. The Morgan fingerprint density at radius 2 is 1.59 bits per heavy atom. The van der Waals surface area contributed by atoms with Gasteiger partial charge in [0.15, 0.2) is 0 Å². The van der Waals surface area contributed by atoms with Gasteiger partial charge in [0, 0.05) is 3.57 Å². The van der Waals surface area contributed by atoms with Crippen molar-refractivity contribution in [2.45, 2.75) is 38.9 Å². The van der Waals surface area contributed by atoms with E-state index in [0.717, 1.165) is 3.57 Å². The van der Waals surface area contributed by atoms with Crippen molar-refractivity contribution in [2.24, 2.45) is 0 Å². The molecule has 0 aliphatic carbocycles. The summed E-state index contributed by atoms with van der Waals surface area (Å²) in [6.07, 6.45) is 0. The van der Waals surface area contributed by atoms with Crippen LogP contribution in [0.3, 0.4) is 0 Å². The third kappa shape index (κ3) is 3.94. The summed E-state index contributed by atoms with van der Waals surface area (Å²) in [7, 11) is -1.03. The van der Waals surface area contributed by atoms with Gasteiger partial charge in [0.05, 0.1) is 11.2 Å². The summed E-state index contributed by atoms with van der Waals surface area (Å²) < 4.78 is 6.63. The number of rotatable bonds is 4. The summed E-state index contributed by atoms with van der Waals surface area (Å²) in [5.74, 6) is 0. The standard InChI is InChI=1S/C12H18BIO3/c1-11(2,15)12(3,4)17-13(16)9-5-7-10(14)8-6-9/h5-8,15-16H,1-4H3. The van der Waals surface area contributed by atoms with Gasteiger partial charge in [-0.2, -0.15) is 0 Å². The van der Waals surface area contributed by atoms with Crippen molar-refractivity contribution >= 4 is 35.2 Å². The number of hydrogen-bond acceptors (Lipinski definition) is 3. The van der Waals surface area contributed by atoms with Crippen LogP contribution in [-0.2, 0) is 4.65 Å². The average Bonchev–Trinajstić information content (AvgIpc) is 2.16. The van der Waals surface area contributed by atoms with Crippen LogP contribution in [0.15, 0.2) is 24.3 Å². The topological polar surface area (TPSA) is 49.7 Å². The van der Waals surface area contributed by atoms with Crippen molar-refractivity contribution in [1.29, 1.82) is 0 Å². The Morgan fingerprint density at radius 3 is 2.00 bits per heavy atom. The van der Waals surface area contributed by atoms with Crippen LogP contribution in [0.5, 0.6) is 0 Å². The number of halogens is 1. The molecule has 0 radical (unpaired) electrons. The molecule has 0 atom stereocenters. The van der Waals surface area contributed by atoms with Crippen LogP contribution in [0.25, 0.3) is 0 Å². The van der Waals surface area contributed by atoms with Gasteiger partial charge in [-0.25, -0.2) is 0 Å². The molecular formula is C12H18BIO3. The molecule has 0 unspecified atom stereocenters. The first-order chi connectivity index (χ1) is 7.63. The normalized spacial score (nSPS) is 12.6. The Morgan fingerprint density at radius 1 is 1.12 bits per heavy atom. The predicted molar refractivity (Wildman–Crippen MR) is 78.2 cm³/mol. The van der Waals surface area contributed by atoms with Gasteiger partial charge in [-0.3, -0.25) is 0 Å². The minimum atomic E-state index is -1.03. The summed E-state index contributed by atoms with van der Waals surface area (Å²) in [5, 5.41) is 19.9. The lowest BCUT2D eigenvalue weighted by molar-refractivity contribution is -0.0982. The third-order valence-corrected chi connectivity index (χ3v) is 3.75. The second kappa shape index (κ2) is 5.26. The predicted octanol–water partition coefficient (Wildman–Crippen LogP) is 1.54. The monoisotopic (exact) mass is 348 g/mol. The fourth-order valence-electron chi connectivity index (χ4n) is 1.12. The van der Waals surface area contributed by atoms with E-state index < -0.39 is 18.3 Å². The number of benzene rings is 1. The largest absolute Gasteiger partial charge is 0.491 e. The van der Waals surface area contributed by atoms with Crippen molar-refractivity contribution in [1.82, 2.24) is 0 Å². The zero-order valence-electron chi connectivity index (χ0n) is 10.6. The first kappa shape index (κ1) is 15.0. The van der Waals surface area contributed by atoms with Crippen molar-refractivity contribution in [3.05, 3.63) is 27.8 Å². The molecule has 3 nitrogen and oxygen atoms in total. The summed E-state index contributed by atoms with van der Waals surface area (Å²) in [6.45, 7) is 6.83. The maximum absolute atomic E-state index is 9.97. The highest BCUT2D eigenvalue weighted by Crippen LogP contribution is 2.25. The zero-order valence-corrected chi connectivity index (χ0v) is 12.7. The molecule has 0 aliphatic heterocycles. The van der Waals surface area contributed by atoms with Crippen LogP contribution in [0.4, 0.5) is 0 Å². The molecule has 2 N–H and O–H groups in total. The molecule has 0 saturated heterocycles. The Kier molecular flexibility index (Phi) is 4.63. The molecule has 0 aromatic heterocycles. The molecular weight excluding hydrogens is 330 g/mol. The average molecular weight is 348 g/mol. The molecule has 0 heterocycles. The lowest BCUT2D eigenvalue weighted by atomic mass is 9.76. The van der Waals surface area contributed by atoms with Crippen molar-refractivity contribution in [3.63, 3.8) is 0 Å². The van der Waals surface area contributed by atoms with Gasteiger partial charge in [0.2, 0.25) is 0 Å². The number of aliphatic hydroxyl groups is 1. The molecule has 17 heavy (non-hydrogen) atoms. The van der Waals surface area contributed by atoms with Gasteiger partial charge < -0.3 is 14.8 Å². The molecule has 1 rings (SSSR count). The van der Waals surface area contributed by atoms with Crippen LogP contribution in [-0.4, -0.2) is 28.5 Å². The van der Waals surface area contributed by atoms with Crippen LogP contribution in [0.1, 0.15) is 27.7 Å². The molecule has 94 valence electrons. The molecule has 0 amide bonds. The highest BCUT2D eigenvalue weighted by Gasteiger charge is 2.39. The Balaban J connectivity index is 2.79. The molecule has 0 saturated carbocycles. The highest BCUT2D eigenvalue weighted by atomic mass is 127. The van der Waals surface area contributed by atoms with E-state index in [1.807, 2.05) is 24.3 Å². The quantitative estimate of drug-likeness (QED) is 0.641. The first-order valence-electron chi connectivity index (χ1n) is 5.47. The van der Waals surface area contributed by atoms with Gasteiger partial charge in [0.1, 0.15) is 0 Å². The van der Waals surface area contributed by atoms with Crippen LogP contribution < -0.4 is 5.46 Å². The zero-order chi connectivity index (χ0) is 13.3. The molecule has 0 spiro atoms. The Bertz CT molecular complexity index is 370. The van der Waals surface area contributed by atoms with Crippen LogP contribution in [0.2, 0.25) is 0 Å². The van der Waals surface area contributed by atoms with Crippen molar-refractivity contribution in [3.8, 4) is 0 Å². The summed E-state index contributed by atoms with van der Waals surface area (Å²) in [5.41, 5.74) is -1.19. The SMILES string of the molecule is CC(C)(O)C(C)(C)OB(O)c1ccc(I)cc1. The van der Waals surface area contributed by atoms with Crippen LogP contribution >= 0.6 is 22.6 Å². The van der Waals surface area contributed by atoms with E-state index in [2.05, 4.69) is 22.6 Å². The van der Waals surface area contributed by atoms with Crippen molar-refractivity contribution < 1.29 is 14.8 Å². The summed E-state index contributed by atoms with van der Waals surface area (Å²) in [4.78, 5) is 0. The van der Waals surface area contributed by atoms with Gasteiger partial charge in [-0.15, -0.1) is 0 Å².